The molecule has 0 aliphatic heterocycles. The molecule has 6 nitrogen and oxygen atoms in total. The maximum Gasteiger partial charge on any atom is 0.243 e. The molecule has 2 aromatic carbocycles. The van der Waals surface area contributed by atoms with Crippen molar-refractivity contribution >= 4 is 45.1 Å². The Balaban J connectivity index is 1.88. The van der Waals surface area contributed by atoms with Crippen molar-refractivity contribution in [1.82, 2.24) is 15.0 Å². The summed E-state index contributed by atoms with van der Waals surface area (Å²) in [6.07, 6.45) is 4.34. The van der Waals surface area contributed by atoms with E-state index in [1.165, 1.54) is 24.5 Å². The quantitative estimate of drug-likeness (QED) is 0.461. The molecule has 0 fully saturated rings. The predicted molar refractivity (Wildman–Crippen MR) is 108 cm³/mol. The van der Waals surface area contributed by atoms with Crippen molar-refractivity contribution in [2.45, 2.75) is 6.54 Å². The molecule has 148 valence electrons. The molecule has 0 N–H and O–H groups in total. The van der Waals surface area contributed by atoms with Gasteiger partial charge in [0.2, 0.25) is 5.91 Å². The minimum Gasteiger partial charge on any atom is -0.290 e. The fraction of sp³-hybridized carbons (Fsp3) is 0.0952. The Kier molecular flexibility index (Phi) is 5.21. The largest absolute Gasteiger partial charge is 0.290 e. The highest BCUT2D eigenvalue weighted by atomic mass is 35.5. The molecule has 0 aliphatic carbocycles. The number of carbonyl (C=O) groups is 1. The Bertz CT molecular complexity index is 1340. The molecule has 0 radical (unpaired) electrons. The summed E-state index contributed by atoms with van der Waals surface area (Å²) in [5, 5.41) is 9.89. The van der Waals surface area contributed by atoms with E-state index in [0.717, 1.165) is 4.90 Å². The van der Waals surface area contributed by atoms with Crippen molar-refractivity contribution in [1.29, 1.82) is 5.26 Å². The van der Waals surface area contributed by atoms with Crippen LogP contribution >= 0.6 is 11.6 Å². The number of amides is 1. The van der Waals surface area contributed by atoms with E-state index in [9.17, 15) is 18.8 Å². The molecule has 0 saturated heterocycles. The monoisotopic (exact) mass is 423 g/mol. The molecule has 4 rings (SSSR count). The van der Waals surface area contributed by atoms with Crippen LogP contribution in [-0.2, 0) is 11.3 Å². The third-order valence-electron chi connectivity index (χ3n) is 4.64. The number of nitriles is 1. The van der Waals surface area contributed by atoms with E-state index in [1.807, 2.05) is 6.07 Å². The molecule has 0 spiro atoms. The smallest absolute Gasteiger partial charge is 0.243 e. The van der Waals surface area contributed by atoms with Gasteiger partial charge in [0.25, 0.3) is 0 Å². The normalized spacial score (nSPS) is 10.9. The minimum atomic E-state index is -1.20. The first-order valence-corrected chi connectivity index (χ1v) is 9.30. The first-order chi connectivity index (χ1) is 14.5. The third-order valence-corrected chi connectivity index (χ3v) is 4.87. The van der Waals surface area contributed by atoms with Gasteiger partial charge in [0.1, 0.15) is 17.5 Å². The lowest BCUT2D eigenvalue weighted by Gasteiger charge is -2.22. The van der Waals surface area contributed by atoms with Crippen molar-refractivity contribution in [2.75, 3.05) is 10.8 Å². The number of carbonyl (C=O) groups excluding carboxylic acids is 1. The first kappa shape index (κ1) is 19.6. The van der Waals surface area contributed by atoms with Crippen LogP contribution in [-0.4, -0.2) is 26.7 Å². The Morgan fingerprint density at radius 1 is 1.10 bits per heavy atom. The fourth-order valence-corrected chi connectivity index (χ4v) is 3.35. The molecule has 0 saturated carbocycles. The average Bonchev–Trinajstić information content (AvgIpc) is 2.79. The maximum absolute atomic E-state index is 14.9. The van der Waals surface area contributed by atoms with Crippen molar-refractivity contribution in [3.63, 3.8) is 0 Å². The molecule has 9 heteroatoms. The highest BCUT2D eigenvalue weighted by Gasteiger charge is 2.25. The highest BCUT2D eigenvalue weighted by Crippen LogP contribution is 2.30. The number of anilines is 1. The average molecular weight is 424 g/mol. The van der Waals surface area contributed by atoms with Crippen LogP contribution in [0.25, 0.3) is 21.8 Å². The van der Waals surface area contributed by atoms with Gasteiger partial charge >= 0.3 is 0 Å². The van der Waals surface area contributed by atoms with Crippen LogP contribution < -0.4 is 4.90 Å². The van der Waals surface area contributed by atoms with Gasteiger partial charge < -0.3 is 0 Å². The van der Waals surface area contributed by atoms with Crippen LogP contribution in [0.1, 0.15) is 11.1 Å². The number of alkyl halides is 1. The molecule has 0 aliphatic rings. The van der Waals surface area contributed by atoms with Crippen LogP contribution in [0.5, 0.6) is 0 Å². The Morgan fingerprint density at radius 2 is 1.87 bits per heavy atom. The van der Waals surface area contributed by atoms with Gasteiger partial charge in [-0.15, -0.1) is 11.6 Å². The summed E-state index contributed by atoms with van der Waals surface area (Å²) in [6.45, 7) is -0.442. The Labute approximate surface area is 174 Å². The van der Waals surface area contributed by atoms with Gasteiger partial charge in [-0.2, -0.15) is 5.26 Å². The van der Waals surface area contributed by atoms with Gasteiger partial charge in [-0.25, -0.2) is 13.8 Å². The molecule has 0 unspecified atom stereocenters. The lowest BCUT2D eigenvalue weighted by molar-refractivity contribution is -0.116. The van der Waals surface area contributed by atoms with Crippen LogP contribution in [0.3, 0.4) is 0 Å². The van der Waals surface area contributed by atoms with Gasteiger partial charge in [-0.1, -0.05) is 24.3 Å². The zero-order chi connectivity index (χ0) is 21.3. The number of aromatic nitrogens is 3. The molecule has 4 aromatic rings. The number of hydrogen-bond donors (Lipinski definition) is 0. The Morgan fingerprint density at radius 3 is 2.60 bits per heavy atom. The van der Waals surface area contributed by atoms with E-state index in [4.69, 9.17) is 11.6 Å². The summed E-state index contributed by atoms with van der Waals surface area (Å²) in [7, 11) is 0. The van der Waals surface area contributed by atoms with Crippen LogP contribution in [0.2, 0.25) is 0 Å². The standard InChI is InChI=1S/C21H12ClF2N5O/c22-7-19(30)29(18-10-27-16-5-6-26-9-17(16)28-18)11-15-14(8-25)12-3-1-2-4-13(12)20(23)21(15)24/h1-6,9-10H,7,11H2. The SMILES string of the molecule is N#Cc1c(CN(C(=O)CCl)c2cnc3ccncc3n2)c(F)c(F)c2ccccc12. The van der Waals surface area contributed by atoms with Gasteiger partial charge in [0.15, 0.2) is 17.5 Å². The molecular weight excluding hydrogens is 412 g/mol. The summed E-state index contributed by atoms with van der Waals surface area (Å²) in [5.74, 6) is -3.24. The maximum atomic E-state index is 14.9. The molecule has 0 atom stereocenters. The van der Waals surface area contributed by atoms with E-state index in [2.05, 4.69) is 15.0 Å². The molecule has 30 heavy (non-hydrogen) atoms. The third kappa shape index (κ3) is 3.29. The molecule has 1 amide bonds. The van der Waals surface area contributed by atoms with Gasteiger partial charge in [-0.3, -0.25) is 19.7 Å². The fourth-order valence-electron chi connectivity index (χ4n) is 3.20. The van der Waals surface area contributed by atoms with Crippen molar-refractivity contribution in [2.24, 2.45) is 0 Å². The summed E-state index contributed by atoms with van der Waals surface area (Å²) in [4.78, 5) is 26.1. The molecule has 2 aromatic heterocycles. The van der Waals surface area contributed by atoms with Crippen LogP contribution in [0.15, 0.2) is 48.9 Å². The van der Waals surface area contributed by atoms with Crippen molar-refractivity contribution < 1.29 is 13.6 Å². The molecular formula is C21H12ClF2N5O. The van der Waals surface area contributed by atoms with Crippen molar-refractivity contribution in [3.8, 4) is 6.07 Å². The summed E-state index contributed by atoms with van der Waals surface area (Å²) < 4.78 is 29.6. The number of benzene rings is 2. The van der Waals surface area contributed by atoms with Gasteiger partial charge in [0, 0.05) is 22.5 Å². The zero-order valence-electron chi connectivity index (χ0n) is 15.3. The van der Waals surface area contributed by atoms with E-state index in [-0.39, 0.29) is 27.7 Å². The number of nitrogens with zero attached hydrogens (tertiary/aromatic N) is 5. The first-order valence-electron chi connectivity index (χ1n) is 8.77. The number of hydrogen-bond acceptors (Lipinski definition) is 5. The lowest BCUT2D eigenvalue weighted by atomic mass is 9.98. The zero-order valence-corrected chi connectivity index (χ0v) is 16.1. The number of halogens is 3. The van der Waals surface area contributed by atoms with E-state index in [0.29, 0.717) is 11.0 Å². The highest BCUT2D eigenvalue weighted by molar-refractivity contribution is 6.29. The number of fused-ring (bicyclic) bond motifs is 2. The number of rotatable bonds is 4. The van der Waals surface area contributed by atoms with Crippen LogP contribution in [0, 0.1) is 23.0 Å². The summed E-state index contributed by atoms with van der Waals surface area (Å²) in [6, 6.07) is 9.65. The van der Waals surface area contributed by atoms with Gasteiger partial charge in [-0.05, 0) is 6.07 Å². The second-order valence-corrected chi connectivity index (χ2v) is 6.61. The van der Waals surface area contributed by atoms with E-state index >= 15 is 0 Å². The summed E-state index contributed by atoms with van der Waals surface area (Å²) in [5.41, 5.74) is 0.633. The van der Waals surface area contributed by atoms with Crippen molar-refractivity contribution in [3.05, 3.63) is 71.7 Å². The second-order valence-electron chi connectivity index (χ2n) is 6.35. The van der Waals surface area contributed by atoms with E-state index in [1.54, 1.807) is 24.4 Å². The lowest BCUT2D eigenvalue weighted by Crippen LogP contribution is -2.33. The molecule has 0 bridgehead atoms. The summed E-state index contributed by atoms with van der Waals surface area (Å²) >= 11 is 5.74. The van der Waals surface area contributed by atoms with E-state index < -0.39 is 30.0 Å². The minimum absolute atomic E-state index is 0.0120. The molecule has 2 heterocycles. The predicted octanol–water partition coefficient (Wildman–Crippen LogP) is 4.10. The Hall–Kier alpha value is -3.70. The second kappa shape index (κ2) is 7.97. The van der Waals surface area contributed by atoms with Crippen LogP contribution in [0.4, 0.5) is 14.6 Å². The topological polar surface area (TPSA) is 82.8 Å². The number of pyridine rings is 1. The van der Waals surface area contributed by atoms with Gasteiger partial charge in [0.05, 0.1) is 30.0 Å².